The van der Waals surface area contributed by atoms with Gasteiger partial charge in [-0.2, -0.15) is 0 Å². The average Bonchev–Trinajstić information content (AvgIpc) is 2.55. The first-order valence-electron chi connectivity index (χ1n) is 4.33. The van der Waals surface area contributed by atoms with Crippen LogP contribution < -0.4 is 11.1 Å². The second-order valence-electron chi connectivity index (χ2n) is 2.93. The van der Waals surface area contributed by atoms with E-state index in [0.717, 1.165) is 5.57 Å². The number of carbonyl (C=O) groups is 1. The van der Waals surface area contributed by atoms with E-state index in [4.69, 9.17) is 10.3 Å². The van der Waals surface area contributed by atoms with Crippen LogP contribution in [0.3, 0.4) is 0 Å². The number of hydrogen-bond donors (Lipinski definition) is 2. The van der Waals surface area contributed by atoms with Crippen molar-refractivity contribution in [3.63, 3.8) is 0 Å². The van der Waals surface area contributed by atoms with Crippen LogP contribution in [0.15, 0.2) is 41.4 Å². The molecule has 5 heteroatoms. The van der Waals surface area contributed by atoms with Crippen molar-refractivity contribution in [1.29, 1.82) is 0 Å². The minimum absolute atomic E-state index is 0.134. The molecule has 0 saturated carbocycles. The van der Waals surface area contributed by atoms with Gasteiger partial charge in [0.1, 0.15) is 6.26 Å². The topological polar surface area (TPSA) is 81.2 Å². The number of nitrogens with zero attached hydrogens (tertiary/aromatic N) is 1. The zero-order valence-electron chi connectivity index (χ0n) is 7.81. The molecule has 2 rings (SSSR count). The lowest BCUT2D eigenvalue weighted by Crippen LogP contribution is -2.13. The van der Waals surface area contributed by atoms with Gasteiger partial charge in [0.15, 0.2) is 5.69 Å². The Kier molecular flexibility index (Phi) is 2.37. The SMILES string of the molecule is NC(=O)c1nocc1C1=CNC=CC=C1. The van der Waals surface area contributed by atoms with E-state index in [9.17, 15) is 4.79 Å². The van der Waals surface area contributed by atoms with Crippen molar-refractivity contribution in [2.75, 3.05) is 0 Å². The molecule has 15 heavy (non-hydrogen) atoms. The lowest BCUT2D eigenvalue weighted by Gasteiger charge is -1.98. The number of allylic oxidation sites excluding steroid dienone is 4. The standard InChI is InChI=1S/C10H9N3O2/c11-10(14)9-8(6-15-13-9)7-3-1-2-4-12-5-7/h1-6,12H,(H2,11,14). The summed E-state index contributed by atoms with van der Waals surface area (Å²) in [6.45, 7) is 0. The Morgan fingerprint density at radius 3 is 3.13 bits per heavy atom. The third-order valence-electron chi connectivity index (χ3n) is 1.93. The number of rotatable bonds is 2. The highest BCUT2D eigenvalue weighted by molar-refractivity contribution is 5.97. The van der Waals surface area contributed by atoms with Gasteiger partial charge in [0, 0.05) is 18.0 Å². The minimum atomic E-state index is -0.606. The Hall–Kier alpha value is -2.30. The molecule has 76 valence electrons. The molecule has 0 bridgehead atoms. The monoisotopic (exact) mass is 203 g/mol. The summed E-state index contributed by atoms with van der Waals surface area (Å²) in [7, 11) is 0. The highest BCUT2D eigenvalue weighted by atomic mass is 16.5. The average molecular weight is 203 g/mol. The van der Waals surface area contributed by atoms with E-state index in [2.05, 4.69) is 10.5 Å². The van der Waals surface area contributed by atoms with Crippen LogP contribution in [0.2, 0.25) is 0 Å². The van der Waals surface area contributed by atoms with Crippen LogP contribution in [0, 0.1) is 0 Å². The Balaban J connectivity index is 2.41. The highest BCUT2D eigenvalue weighted by Crippen LogP contribution is 2.19. The van der Waals surface area contributed by atoms with Crippen molar-refractivity contribution in [3.05, 3.63) is 48.1 Å². The van der Waals surface area contributed by atoms with E-state index in [1.54, 1.807) is 12.4 Å². The molecule has 1 amide bonds. The number of hydrogen-bond acceptors (Lipinski definition) is 4. The van der Waals surface area contributed by atoms with Gasteiger partial charge in [-0.05, 0) is 6.08 Å². The first-order chi connectivity index (χ1) is 7.29. The maximum absolute atomic E-state index is 11.0. The van der Waals surface area contributed by atoms with Gasteiger partial charge in [0.25, 0.3) is 5.91 Å². The van der Waals surface area contributed by atoms with Gasteiger partial charge in [-0.3, -0.25) is 4.79 Å². The summed E-state index contributed by atoms with van der Waals surface area (Å²) in [5.41, 5.74) is 6.66. The van der Waals surface area contributed by atoms with E-state index in [1.165, 1.54) is 6.26 Å². The maximum atomic E-state index is 11.0. The van der Waals surface area contributed by atoms with Gasteiger partial charge in [0.2, 0.25) is 0 Å². The van der Waals surface area contributed by atoms with Crippen molar-refractivity contribution in [3.8, 4) is 0 Å². The van der Waals surface area contributed by atoms with Gasteiger partial charge in [-0.1, -0.05) is 17.3 Å². The lowest BCUT2D eigenvalue weighted by atomic mass is 10.1. The van der Waals surface area contributed by atoms with E-state index < -0.39 is 5.91 Å². The Labute approximate surface area is 85.9 Å². The fourth-order valence-electron chi connectivity index (χ4n) is 1.24. The Morgan fingerprint density at radius 2 is 2.33 bits per heavy atom. The second kappa shape index (κ2) is 3.83. The summed E-state index contributed by atoms with van der Waals surface area (Å²) in [5.74, 6) is -0.606. The van der Waals surface area contributed by atoms with Crippen molar-refractivity contribution in [2.24, 2.45) is 5.73 Å². The van der Waals surface area contributed by atoms with Gasteiger partial charge in [-0.25, -0.2) is 0 Å². The van der Waals surface area contributed by atoms with Crippen LogP contribution >= 0.6 is 0 Å². The number of amides is 1. The smallest absolute Gasteiger partial charge is 0.271 e. The molecule has 0 saturated heterocycles. The van der Waals surface area contributed by atoms with Crippen LogP contribution in [0.1, 0.15) is 16.1 Å². The maximum Gasteiger partial charge on any atom is 0.271 e. The lowest BCUT2D eigenvalue weighted by molar-refractivity contribution is 0.0991. The van der Waals surface area contributed by atoms with Crippen molar-refractivity contribution in [1.82, 2.24) is 10.5 Å². The largest absolute Gasteiger partial charge is 0.367 e. The summed E-state index contributed by atoms with van der Waals surface area (Å²) in [6.07, 6.45) is 10.4. The molecule has 2 heterocycles. The summed E-state index contributed by atoms with van der Waals surface area (Å²) < 4.78 is 4.73. The summed E-state index contributed by atoms with van der Waals surface area (Å²) >= 11 is 0. The van der Waals surface area contributed by atoms with Gasteiger partial charge < -0.3 is 15.6 Å². The molecular formula is C10H9N3O2. The van der Waals surface area contributed by atoms with Crippen molar-refractivity contribution in [2.45, 2.75) is 0 Å². The first-order valence-corrected chi connectivity index (χ1v) is 4.33. The van der Waals surface area contributed by atoms with Crippen LogP contribution in [-0.4, -0.2) is 11.1 Å². The second-order valence-corrected chi connectivity index (χ2v) is 2.93. The molecule has 0 aliphatic carbocycles. The number of carbonyl (C=O) groups excluding carboxylic acids is 1. The van der Waals surface area contributed by atoms with Crippen LogP contribution in [-0.2, 0) is 0 Å². The molecule has 5 nitrogen and oxygen atoms in total. The van der Waals surface area contributed by atoms with Gasteiger partial charge >= 0.3 is 0 Å². The van der Waals surface area contributed by atoms with Gasteiger partial charge in [0.05, 0.1) is 5.56 Å². The molecule has 0 atom stereocenters. The molecule has 0 radical (unpaired) electrons. The normalized spacial score (nSPS) is 14.3. The molecule has 0 unspecified atom stereocenters. The Bertz CT molecular complexity index is 469. The highest BCUT2D eigenvalue weighted by Gasteiger charge is 2.15. The van der Waals surface area contributed by atoms with Gasteiger partial charge in [-0.15, -0.1) is 0 Å². The van der Waals surface area contributed by atoms with Crippen LogP contribution in [0.4, 0.5) is 0 Å². The molecule has 1 aromatic heterocycles. The zero-order chi connectivity index (χ0) is 10.7. The Morgan fingerprint density at radius 1 is 1.47 bits per heavy atom. The molecule has 3 N–H and O–H groups in total. The predicted molar refractivity (Wildman–Crippen MR) is 54.4 cm³/mol. The number of primary amides is 1. The summed E-state index contributed by atoms with van der Waals surface area (Å²) in [4.78, 5) is 11.0. The van der Waals surface area contributed by atoms with E-state index >= 15 is 0 Å². The predicted octanol–water partition coefficient (Wildman–Crippen LogP) is 0.787. The molecule has 0 aromatic carbocycles. The summed E-state index contributed by atoms with van der Waals surface area (Å²) in [5, 5.41) is 6.47. The number of nitrogens with one attached hydrogen (secondary N) is 1. The van der Waals surface area contributed by atoms with Crippen LogP contribution in [0.5, 0.6) is 0 Å². The first kappa shape index (κ1) is 9.26. The molecular weight excluding hydrogens is 194 g/mol. The van der Waals surface area contributed by atoms with Crippen LogP contribution in [0.25, 0.3) is 5.57 Å². The fourth-order valence-corrected chi connectivity index (χ4v) is 1.24. The molecule has 0 spiro atoms. The molecule has 1 aliphatic heterocycles. The fraction of sp³-hybridized carbons (Fsp3) is 0. The minimum Gasteiger partial charge on any atom is -0.367 e. The number of nitrogens with two attached hydrogens (primary N) is 1. The van der Waals surface area contributed by atoms with Crippen molar-refractivity contribution < 1.29 is 9.32 Å². The number of aromatic nitrogens is 1. The third kappa shape index (κ3) is 1.80. The zero-order valence-corrected chi connectivity index (χ0v) is 7.81. The van der Waals surface area contributed by atoms with E-state index in [0.29, 0.717) is 5.56 Å². The molecule has 0 fully saturated rings. The van der Waals surface area contributed by atoms with E-state index in [1.807, 2.05) is 18.2 Å². The molecule has 1 aliphatic rings. The molecule has 1 aromatic rings. The quantitative estimate of drug-likeness (QED) is 0.744. The van der Waals surface area contributed by atoms with Crippen molar-refractivity contribution >= 4 is 11.5 Å². The van der Waals surface area contributed by atoms with E-state index in [-0.39, 0.29) is 5.69 Å². The third-order valence-corrected chi connectivity index (χ3v) is 1.93. The summed E-state index contributed by atoms with van der Waals surface area (Å²) in [6, 6.07) is 0.